The van der Waals surface area contributed by atoms with Crippen LogP contribution in [0.15, 0.2) is 24.3 Å². The Morgan fingerprint density at radius 2 is 1.89 bits per heavy atom. The number of pyridine rings is 1. The third-order valence-corrected chi connectivity index (χ3v) is 5.78. The second-order valence-electron chi connectivity index (χ2n) is 8.67. The molecular formula is C23H20F7N5O3. The molecule has 1 saturated carbocycles. The minimum atomic E-state index is -4.79. The van der Waals surface area contributed by atoms with Crippen LogP contribution in [0.4, 0.5) is 42.4 Å². The fourth-order valence-corrected chi connectivity index (χ4v) is 3.69. The first-order valence-corrected chi connectivity index (χ1v) is 11.1. The molecule has 15 heteroatoms. The van der Waals surface area contributed by atoms with E-state index in [-0.39, 0.29) is 40.7 Å². The summed E-state index contributed by atoms with van der Waals surface area (Å²) >= 11 is 0. The number of imidazole rings is 1. The standard InChI is InChI=1S/C23H20F7N5O3/c1-10(36)12-6-16-18(34-20(12)38-9-17(24)25)35(2)21(33-16)32-15-5-11(3-4-13(15)23(28,29)30)8-31-19(37)14-7-22(14,26)27/h3-6,14,17H,7-9H2,1-2H3,(H,31,37)(H,32,33). The molecule has 4 rings (SSSR count). The molecule has 0 aliphatic heterocycles. The SMILES string of the molecule is CC(=O)c1cc2nc(Nc3cc(CNC(=O)C4CC4(F)F)ccc3C(F)(F)F)n(C)c2nc1OCC(F)F. The molecule has 1 atom stereocenters. The number of carbonyl (C=O) groups is 2. The summed E-state index contributed by atoms with van der Waals surface area (Å²) in [7, 11) is 1.39. The highest BCUT2D eigenvalue weighted by atomic mass is 19.4. The second kappa shape index (κ2) is 9.76. The van der Waals surface area contributed by atoms with Gasteiger partial charge in [0.25, 0.3) is 12.3 Å². The van der Waals surface area contributed by atoms with Crippen molar-refractivity contribution in [3.05, 3.63) is 41.0 Å². The molecule has 3 aromatic rings. The van der Waals surface area contributed by atoms with Crippen molar-refractivity contribution in [3.63, 3.8) is 0 Å². The van der Waals surface area contributed by atoms with Crippen molar-refractivity contribution < 1.29 is 45.1 Å². The number of alkyl halides is 7. The van der Waals surface area contributed by atoms with Gasteiger partial charge in [-0.1, -0.05) is 6.07 Å². The van der Waals surface area contributed by atoms with Crippen LogP contribution >= 0.6 is 0 Å². The summed E-state index contributed by atoms with van der Waals surface area (Å²) in [6, 6.07) is 4.17. The zero-order valence-electron chi connectivity index (χ0n) is 19.8. The molecular weight excluding hydrogens is 527 g/mol. The average Bonchev–Trinajstić information content (AvgIpc) is 3.36. The number of amides is 1. The van der Waals surface area contributed by atoms with E-state index in [9.17, 15) is 40.3 Å². The molecule has 8 nitrogen and oxygen atoms in total. The number of hydrogen-bond acceptors (Lipinski definition) is 6. The number of ether oxygens (including phenoxy) is 1. The van der Waals surface area contributed by atoms with Gasteiger partial charge in [0, 0.05) is 20.0 Å². The van der Waals surface area contributed by atoms with E-state index < -0.39 is 60.4 Å². The Hall–Kier alpha value is -3.91. The zero-order valence-corrected chi connectivity index (χ0v) is 19.8. The third-order valence-electron chi connectivity index (χ3n) is 5.78. The van der Waals surface area contributed by atoms with Gasteiger partial charge in [-0.2, -0.15) is 18.2 Å². The quantitative estimate of drug-likeness (QED) is 0.294. The third kappa shape index (κ3) is 5.65. The first-order chi connectivity index (χ1) is 17.7. The van der Waals surface area contributed by atoms with E-state index in [2.05, 4.69) is 20.6 Å². The molecule has 1 aliphatic rings. The van der Waals surface area contributed by atoms with E-state index in [1.807, 2.05) is 0 Å². The number of aromatic nitrogens is 3. The normalized spacial score (nSPS) is 16.5. The van der Waals surface area contributed by atoms with Crippen LogP contribution in [0.3, 0.4) is 0 Å². The first kappa shape index (κ1) is 27.1. The summed E-state index contributed by atoms with van der Waals surface area (Å²) in [5.74, 6) is -6.53. The highest BCUT2D eigenvalue weighted by Gasteiger charge is 2.61. The Morgan fingerprint density at radius 1 is 1.21 bits per heavy atom. The molecule has 1 unspecified atom stereocenters. The molecule has 1 fully saturated rings. The van der Waals surface area contributed by atoms with Gasteiger partial charge in [-0.25, -0.2) is 22.5 Å². The van der Waals surface area contributed by atoms with E-state index in [1.54, 1.807) is 0 Å². The van der Waals surface area contributed by atoms with Crippen LogP contribution in [0, 0.1) is 5.92 Å². The first-order valence-electron chi connectivity index (χ1n) is 11.1. The number of nitrogens with zero attached hydrogens (tertiary/aromatic N) is 3. The van der Waals surface area contributed by atoms with Gasteiger partial charge in [-0.3, -0.25) is 14.2 Å². The number of nitrogens with one attached hydrogen (secondary N) is 2. The topological polar surface area (TPSA) is 98.1 Å². The molecule has 1 aromatic carbocycles. The van der Waals surface area contributed by atoms with Crippen molar-refractivity contribution in [1.82, 2.24) is 19.9 Å². The van der Waals surface area contributed by atoms with Crippen molar-refractivity contribution in [1.29, 1.82) is 0 Å². The predicted molar refractivity (Wildman–Crippen MR) is 120 cm³/mol. The number of Topliss-reactive ketones (excluding diaryl/α,β-unsaturated/α-hetero) is 1. The number of anilines is 2. The summed E-state index contributed by atoms with van der Waals surface area (Å²) in [5, 5.41) is 4.83. The average molecular weight is 547 g/mol. The van der Waals surface area contributed by atoms with Crippen molar-refractivity contribution in [3.8, 4) is 5.88 Å². The number of carbonyl (C=O) groups excluding carboxylic acids is 2. The molecule has 38 heavy (non-hydrogen) atoms. The van der Waals surface area contributed by atoms with Gasteiger partial charge in [-0.05, 0) is 30.7 Å². The summed E-state index contributed by atoms with van der Waals surface area (Å²) in [5.41, 5.74) is -1.38. The minimum Gasteiger partial charge on any atom is -0.471 e. The van der Waals surface area contributed by atoms with E-state index in [1.165, 1.54) is 17.7 Å². The number of halogens is 7. The van der Waals surface area contributed by atoms with Crippen LogP contribution in [0.1, 0.15) is 34.8 Å². The molecule has 0 radical (unpaired) electrons. The number of rotatable bonds is 9. The molecule has 2 aromatic heterocycles. The Labute approximate surface area is 210 Å². The van der Waals surface area contributed by atoms with E-state index in [0.29, 0.717) is 0 Å². The Balaban J connectivity index is 1.65. The number of hydrogen-bond donors (Lipinski definition) is 2. The monoisotopic (exact) mass is 547 g/mol. The molecule has 0 bridgehead atoms. The maximum absolute atomic E-state index is 13.7. The van der Waals surface area contributed by atoms with Gasteiger partial charge in [0.1, 0.15) is 11.4 Å². The van der Waals surface area contributed by atoms with Crippen molar-refractivity contribution >= 4 is 34.5 Å². The van der Waals surface area contributed by atoms with Crippen molar-refractivity contribution in [2.75, 3.05) is 11.9 Å². The summed E-state index contributed by atoms with van der Waals surface area (Å²) in [6.45, 7) is -0.169. The summed E-state index contributed by atoms with van der Waals surface area (Å²) < 4.78 is 98.7. The Kier molecular flexibility index (Phi) is 6.97. The van der Waals surface area contributed by atoms with E-state index >= 15 is 0 Å². The lowest BCUT2D eigenvalue weighted by molar-refractivity contribution is -0.137. The number of aryl methyl sites for hydroxylation is 1. The molecule has 1 amide bonds. The molecule has 2 N–H and O–H groups in total. The fourth-order valence-electron chi connectivity index (χ4n) is 3.69. The zero-order chi connectivity index (χ0) is 28.0. The van der Waals surface area contributed by atoms with Crippen molar-refractivity contribution in [2.45, 2.75) is 38.4 Å². The summed E-state index contributed by atoms with van der Waals surface area (Å²) in [4.78, 5) is 32.0. The second-order valence-corrected chi connectivity index (χ2v) is 8.67. The maximum atomic E-state index is 13.7. The van der Waals surface area contributed by atoms with Crippen LogP contribution in [0.5, 0.6) is 5.88 Å². The van der Waals surface area contributed by atoms with Crippen LogP contribution in [0.25, 0.3) is 11.2 Å². The van der Waals surface area contributed by atoms with Crippen LogP contribution in [-0.4, -0.2) is 45.2 Å². The molecule has 1 aliphatic carbocycles. The largest absolute Gasteiger partial charge is 0.471 e. The molecule has 2 heterocycles. The Morgan fingerprint density at radius 3 is 2.47 bits per heavy atom. The molecule has 0 saturated heterocycles. The number of ketones is 1. The lowest BCUT2D eigenvalue weighted by Gasteiger charge is -2.16. The van der Waals surface area contributed by atoms with Crippen LogP contribution < -0.4 is 15.4 Å². The number of fused-ring (bicyclic) bond motifs is 1. The maximum Gasteiger partial charge on any atom is 0.418 e. The lowest BCUT2D eigenvalue weighted by Crippen LogP contribution is -2.26. The van der Waals surface area contributed by atoms with E-state index in [4.69, 9.17) is 4.74 Å². The Bertz CT molecular complexity index is 1400. The van der Waals surface area contributed by atoms with Crippen LogP contribution in [0.2, 0.25) is 0 Å². The van der Waals surface area contributed by atoms with E-state index in [0.717, 1.165) is 25.1 Å². The van der Waals surface area contributed by atoms with Gasteiger partial charge in [0.15, 0.2) is 18.0 Å². The minimum absolute atomic E-state index is 0.0316. The smallest absolute Gasteiger partial charge is 0.418 e. The van der Waals surface area contributed by atoms with Crippen LogP contribution in [-0.2, 0) is 24.6 Å². The van der Waals surface area contributed by atoms with Gasteiger partial charge >= 0.3 is 6.18 Å². The fraction of sp³-hybridized carbons (Fsp3) is 0.391. The van der Waals surface area contributed by atoms with Gasteiger partial charge in [-0.15, -0.1) is 0 Å². The molecule has 204 valence electrons. The highest BCUT2D eigenvalue weighted by molar-refractivity contribution is 5.99. The van der Waals surface area contributed by atoms with Crippen molar-refractivity contribution in [2.24, 2.45) is 13.0 Å². The number of benzene rings is 1. The van der Waals surface area contributed by atoms with Gasteiger partial charge in [0.05, 0.1) is 16.8 Å². The molecule has 0 spiro atoms. The van der Waals surface area contributed by atoms with Gasteiger partial charge < -0.3 is 15.4 Å². The predicted octanol–water partition coefficient (Wildman–Crippen LogP) is 4.85. The van der Waals surface area contributed by atoms with Gasteiger partial charge in [0.2, 0.25) is 17.7 Å². The highest BCUT2D eigenvalue weighted by Crippen LogP contribution is 2.48. The lowest BCUT2D eigenvalue weighted by atomic mass is 10.1. The summed E-state index contributed by atoms with van der Waals surface area (Å²) in [6.07, 6.45) is -8.21.